The second kappa shape index (κ2) is 6.55. The summed E-state index contributed by atoms with van der Waals surface area (Å²) in [6.45, 7) is 8.93. The first-order chi connectivity index (χ1) is 10.1. The summed E-state index contributed by atoms with van der Waals surface area (Å²) in [6, 6.07) is 7.25. The zero-order valence-electron chi connectivity index (χ0n) is 13.2. The molecule has 1 aliphatic carbocycles. The highest BCUT2D eigenvalue weighted by atomic mass is 35.5. The molecule has 0 unspecified atom stereocenters. The van der Waals surface area contributed by atoms with E-state index in [1.807, 2.05) is 0 Å². The smallest absolute Gasteiger partial charge is 0.0642 e. The third kappa shape index (κ3) is 3.91. The zero-order valence-corrected chi connectivity index (χ0v) is 13.9. The lowest BCUT2D eigenvalue weighted by molar-refractivity contribution is 0.212. The maximum Gasteiger partial charge on any atom is 0.0642 e. The number of hydrogen-bond acceptors (Lipinski definition) is 3. The van der Waals surface area contributed by atoms with Gasteiger partial charge in [-0.05, 0) is 44.5 Å². The number of likely N-dealkylation sites (N-methyl/N-ethyl adjacent to an activating group) is 1. The van der Waals surface area contributed by atoms with Gasteiger partial charge >= 0.3 is 0 Å². The van der Waals surface area contributed by atoms with Crippen molar-refractivity contribution < 1.29 is 0 Å². The Morgan fingerprint density at radius 1 is 1.19 bits per heavy atom. The third-order valence-corrected chi connectivity index (χ3v) is 5.06. The van der Waals surface area contributed by atoms with Crippen LogP contribution in [0, 0.1) is 6.92 Å². The van der Waals surface area contributed by atoms with Crippen molar-refractivity contribution in [1.29, 1.82) is 0 Å². The Morgan fingerprint density at radius 3 is 2.52 bits per heavy atom. The van der Waals surface area contributed by atoms with Crippen LogP contribution in [0.25, 0.3) is 0 Å². The van der Waals surface area contributed by atoms with Gasteiger partial charge in [-0.15, -0.1) is 0 Å². The van der Waals surface area contributed by atoms with Crippen LogP contribution in [0.5, 0.6) is 0 Å². The van der Waals surface area contributed by atoms with E-state index < -0.39 is 0 Å². The monoisotopic (exact) mass is 307 g/mol. The molecule has 1 aromatic carbocycles. The van der Waals surface area contributed by atoms with Gasteiger partial charge in [0, 0.05) is 45.3 Å². The molecule has 0 spiro atoms. The van der Waals surface area contributed by atoms with E-state index in [1.54, 1.807) is 0 Å². The summed E-state index contributed by atoms with van der Waals surface area (Å²) in [5.41, 5.74) is 2.42. The highest BCUT2D eigenvalue weighted by molar-refractivity contribution is 6.33. The van der Waals surface area contributed by atoms with Crippen molar-refractivity contribution in [1.82, 2.24) is 9.80 Å². The Kier molecular flexibility index (Phi) is 4.72. The van der Waals surface area contributed by atoms with Crippen molar-refractivity contribution >= 4 is 17.3 Å². The molecule has 0 atom stereocenters. The first-order valence-corrected chi connectivity index (χ1v) is 8.45. The number of anilines is 1. The quantitative estimate of drug-likeness (QED) is 0.828. The molecule has 2 aliphatic rings. The predicted octanol–water partition coefficient (Wildman–Crippen LogP) is 2.86. The Labute approximate surface area is 133 Å². The fourth-order valence-electron chi connectivity index (χ4n) is 3.08. The molecule has 1 saturated heterocycles. The molecule has 2 fully saturated rings. The second-order valence-corrected chi connectivity index (χ2v) is 6.90. The number of piperazine rings is 1. The van der Waals surface area contributed by atoms with Crippen LogP contribution in [-0.4, -0.2) is 62.2 Å². The van der Waals surface area contributed by atoms with Crippen LogP contribution in [0.4, 0.5) is 5.69 Å². The minimum absolute atomic E-state index is 0.873. The van der Waals surface area contributed by atoms with Crippen LogP contribution in [-0.2, 0) is 0 Å². The largest absolute Gasteiger partial charge is 0.368 e. The summed E-state index contributed by atoms with van der Waals surface area (Å²) in [6.07, 6.45) is 2.80. The molecule has 1 aromatic rings. The number of nitrogens with zero attached hydrogens (tertiary/aromatic N) is 3. The van der Waals surface area contributed by atoms with Crippen molar-refractivity contribution in [3.05, 3.63) is 28.8 Å². The van der Waals surface area contributed by atoms with Gasteiger partial charge in [0.1, 0.15) is 0 Å². The van der Waals surface area contributed by atoms with E-state index in [0.29, 0.717) is 0 Å². The first kappa shape index (κ1) is 15.1. The minimum Gasteiger partial charge on any atom is -0.368 e. The molecule has 3 rings (SSSR count). The van der Waals surface area contributed by atoms with E-state index >= 15 is 0 Å². The molecule has 1 saturated carbocycles. The van der Waals surface area contributed by atoms with Crippen LogP contribution in [0.2, 0.25) is 5.02 Å². The SMILES string of the molecule is Cc1ccc(N2CCN(CCN(C)C3CC3)CC2)c(Cl)c1. The van der Waals surface area contributed by atoms with Crippen LogP contribution >= 0.6 is 11.6 Å². The molecular weight excluding hydrogens is 282 g/mol. The predicted molar refractivity (Wildman–Crippen MR) is 90.5 cm³/mol. The van der Waals surface area contributed by atoms with Crippen molar-refractivity contribution in [3.8, 4) is 0 Å². The van der Waals surface area contributed by atoms with Crippen LogP contribution < -0.4 is 4.90 Å². The van der Waals surface area contributed by atoms with E-state index in [4.69, 9.17) is 11.6 Å². The zero-order chi connectivity index (χ0) is 14.8. The van der Waals surface area contributed by atoms with Gasteiger partial charge in [0.2, 0.25) is 0 Å². The van der Waals surface area contributed by atoms with Gasteiger partial charge in [0.25, 0.3) is 0 Å². The van der Waals surface area contributed by atoms with Crippen molar-refractivity contribution in [2.75, 3.05) is 51.2 Å². The molecule has 116 valence electrons. The van der Waals surface area contributed by atoms with E-state index in [-0.39, 0.29) is 0 Å². The number of benzene rings is 1. The lowest BCUT2D eigenvalue weighted by atomic mass is 10.2. The Balaban J connectivity index is 1.48. The number of aryl methyl sites for hydroxylation is 1. The van der Waals surface area contributed by atoms with Crippen LogP contribution in [0.3, 0.4) is 0 Å². The van der Waals surface area contributed by atoms with Gasteiger partial charge in [0.05, 0.1) is 10.7 Å². The van der Waals surface area contributed by atoms with Crippen molar-refractivity contribution in [2.24, 2.45) is 0 Å². The molecule has 3 nitrogen and oxygen atoms in total. The van der Waals surface area contributed by atoms with E-state index in [2.05, 4.69) is 46.9 Å². The fraction of sp³-hybridized carbons (Fsp3) is 0.647. The van der Waals surface area contributed by atoms with Crippen molar-refractivity contribution in [2.45, 2.75) is 25.8 Å². The molecular formula is C17H26ClN3. The molecule has 1 aliphatic heterocycles. The van der Waals surface area contributed by atoms with Gasteiger partial charge in [-0.3, -0.25) is 4.90 Å². The van der Waals surface area contributed by atoms with Gasteiger partial charge in [-0.25, -0.2) is 0 Å². The molecule has 0 amide bonds. The number of halogens is 1. The maximum atomic E-state index is 6.38. The third-order valence-electron chi connectivity index (χ3n) is 4.76. The second-order valence-electron chi connectivity index (χ2n) is 6.50. The molecule has 0 bridgehead atoms. The van der Waals surface area contributed by atoms with Gasteiger partial charge < -0.3 is 9.80 Å². The van der Waals surface area contributed by atoms with Gasteiger partial charge in [-0.1, -0.05) is 17.7 Å². The summed E-state index contributed by atoms with van der Waals surface area (Å²) in [7, 11) is 2.26. The highest BCUT2D eigenvalue weighted by Crippen LogP contribution is 2.28. The average Bonchev–Trinajstić information content (AvgIpc) is 3.30. The van der Waals surface area contributed by atoms with Gasteiger partial charge in [-0.2, -0.15) is 0 Å². The average molecular weight is 308 g/mol. The summed E-state index contributed by atoms with van der Waals surface area (Å²) >= 11 is 6.38. The normalized spacial score (nSPS) is 20.3. The molecule has 1 heterocycles. The molecule has 4 heteroatoms. The van der Waals surface area contributed by atoms with E-state index in [0.717, 1.165) is 37.2 Å². The van der Waals surface area contributed by atoms with Crippen LogP contribution in [0.1, 0.15) is 18.4 Å². The minimum atomic E-state index is 0.873. The molecule has 21 heavy (non-hydrogen) atoms. The van der Waals surface area contributed by atoms with E-state index in [9.17, 15) is 0 Å². The van der Waals surface area contributed by atoms with E-state index in [1.165, 1.54) is 37.2 Å². The maximum absolute atomic E-state index is 6.38. The summed E-state index contributed by atoms with van der Waals surface area (Å²) in [5, 5.41) is 0.886. The lowest BCUT2D eigenvalue weighted by Gasteiger charge is -2.37. The Bertz CT molecular complexity index is 479. The summed E-state index contributed by atoms with van der Waals surface area (Å²) < 4.78 is 0. The summed E-state index contributed by atoms with van der Waals surface area (Å²) in [4.78, 5) is 7.52. The summed E-state index contributed by atoms with van der Waals surface area (Å²) in [5.74, 6) is 0. The fourth-order valence-corrected chi connectivity index (χ4v) is 3.43. The highest BCUT2D eigenvalue weighted by Gasteiger charge is 2.26. The molecule has 0 radical (unpaired) electrons. The van der Waals surface area contributed by atoms with Crippen molar-refractivity contribution in [3.63, 3.8) is 0 Å². The molecule has 0 N–H and O–H groups in total. The Morgan fingerprint density at radius 2 is 1.90 bits per heavy atom. The number of rotatable bonds is 5. The standard InChI is InChI=1S/C17H26ClN3/c1-14-3-6-17(16(18)13-14)21-11-9-20(10-12-21)8-7-19(2)15-4-5-15/h3,6,13,15H,4-5,7-12H2,1-2H3. The first-order valence-electron chi connectivity index (χ1n) is 8.07. The Hall–Kier alpha value is -0.770. The van der Waals surface area contributed by atoms with Crippen LogP contribution in [0.15, 0.2) is 18.2 Å². The lowest BCUT2D eigenvalue weighted by Crippen LogP contribution is -2.48. The number of hydrogen-bond donors (Lipinski definition) is 0. The van der Waals surface area contributed by atoms with Gasteiger partial charge in [0.15, 0.2) is 0 Å². The molecule has 0 aromatic heterocycles. The topological polar surface area (TPSA) is 9.72 Å².